The first-order chi connectivity index (χ1) is 7.36. The first kappa shape index (κ1) is 13.2. The van der Waals surface area contributed by atoms with Crippen LogP contribution in [-0.4, -0.2) is 56.2 Å². The van der Waals surface area contributed by atoms with Crippen LogP contribution in [0.1, 0.15) is 13.8 Å². The highest BCUT2D eigenvalue weighted by Gasteiger charge is 2.31. The van der Waals surface area contributed by atoms with Crippen molar-refractivity contribution in [3.8, 4) is 0 Å². The van der Waals surface area contributed by atoms with E-state index in [9.17, 15) is 13.2 Å². The molecule has 1 saturated heterocycles. The third-order valence-electron chi connectivity index (χ3n) is 2.58. The molecule has 1 unspecified atom stereocenters. The van der Waals surface area contributed by atoms with Gasteiger partial charge in [0.25, 0.3) is 0 Å². The number of carbonyl (C=O) groups is 1. The summed E-state index contributed by atoms with van der Waals surface area (Å²) in [6.45, 7) is 4.07. The molecule has 0 aromatic carbocycles. The van der Waals surface area contributed by atoms with Crippen LogP contribution in [0.15, 0.2) is 0 Å². The lowest BCUT2D eigenvalue weighted by Gasteiger charge is -2.14. The third kappa shape index (κ3) is 3.08. The Balaban J connectivity index is 2.48. The second-order valence-electron chi connectivity index (χ2n) is 4.10. The van der Waals surface area contributed by atoms with Crippen LogP contribution in [0.5, 0.6) is 0 Å². The van der Waals surface area contributed by atoms with Gasteiger partial charge in [-0.05, 0) is 13.8 Å². The van der Waals surface area contributed by atoms with Crippen LogP contribution in [0, 0.1) is 0 Å². The summed E-state index contributed by atoms with van der Waals surface area (Å²) in [7, 11) is -3.11. The van der Waals surface area contributed by atoms with Gasteiger partial charge in [-0.15, -0.1) is 0 Å². The van der Waals surface area contributed by atoms with E-state index in [0.29, 0.717) is 6.54 Å². The summed E-state index contributed by atoms with van der Waals surface area (Å²) in [5, 5.41) is -0.420. The molecular formula is C9H18N2O4S. The maximum atomic E-state index is 11.5. The molecule has 7 heteroatoms. The number of amides is 1. The Labute approximate surface area is 95.7 Å². The number of ether oxygens (including phenoxy) is 1. The second-order valence-corrected chi connectivity index (χ2v) is 6.78. The van der Waals surface area contributed by atoms with Crippen molar-refractivity contribution in [2.45, 2.75) is 25.2 Å². The van der Waals surface area contributed by atoms with E-state index < -0.39 is 21.2 Å². The van der Waals surface area contributed by atoms with E-state index in [-0.39, 0.29) is 24.9 Å². The zero-order valence-electron chi connectivity index (χ0n) is 9.55. The van der Waals surface area contributed by atoms with Gasteiger partial charge < -0.3 is 15.4 Å². The van der Waals surface area contributed by atoms with Crippen LogP contribution >= 0.6 is 0 Å². The molecule has 1 atom stereocenters. The number of rotatable bonds is 5. The quantitative estimate of drug-likeness (QED) is 0.716. The smallest absolute Gasteiger partial charge is 0.410 e. The topological polar surface area (TPSA) is 89.7 Å². The SMILES string of the molecule is CC(C)S(=O)(=O)CCN1CC(CN)OC1=O. The highest BCUT2D eigenvalue weighted by Crippen LogP contribution is 2.11. The summed E-state index contributed by atoms with van der Waals surface area (Å²) < 4.78 is 28.0. The lowest BCUT2D eigenvalue weighted by Crippen LogP contribution is -2.33. The normalized spacial score (nSPS) is 21.6. The fraction of sp³-hybridized carbons (Fsp3) is 0.889. The molecule has 1 aliphatic heterocycles. The van der Waals surface area contributed by atoms with Crippen LogP contribution in [0.25, 0.3) is 0 Å². The fourth-order valence-corrected chi connectivity index (χ4v) is 2.30. The summed E-state index contributed by atoms with van der Waals surface area (Å²) in [5.41, 5.74) is 5.37. The van der Waals surface area contributed by atoms with E-state index in [1.165, 1.54) is 4.90 Å². The Hall–Kier alpha value is -0.820. The summed E-state index contributed by atoms with van der Waals surface area (Å²) in [5.74, 6) is -0.0307. The van der Waals surface area contributed by atoms with Crippen LogP contribution < -0.4 is 5.73 Å². The van der Waals surface area contributed by atoms with E-state index in [2.05, 4.69) is 0 Å². The van der Waals surface area contributed by atoms with Crippen LogP contribution in [0.4, 0.5) is 4.79 Å². The van der Waals surface area contributed by atoms with Gasteiger partial charge in [0.2, 0.25) is 0 Å². The summed E-state index contributed by atoms with van der Waals surface area (Å²) in [6.07, 6.45) is -0.788. The minimum Gasteiger partial charge on any atom is -0.443 e. The van der Waals surface area contributed by atoms with Crippen molar-refractivity contribution in [1.29, 1.82) is 0 Å². The molecule has 0 radical (unpaired) electrons. The molecule has 0 bridgehead atoms. The van der Waals surface area contributed by atoms with Crippen molar-refractivity contribution in [3.63, 3.8) is 0 Å². The molecule has 0 aliphatic carbocycles. The molecule has 1 rings (SSSR count). The molecule has 16 heavy (non-hydrogen) atoms. The minimum absolute atomic E-state index is 0.0307. The maximum Gasteiger partial charge on any atom is 0.410 e. The van der Waals surface area contributed by atoms with Gasteiger partial charge in [0.05, 0.1) is 17.5 Å². The molecule has 0 spiro atoms. The highest BCUT2D eigenvalue weighted by atomic mass is 32.2. The minimum atomic E-state index is -3.11. The predicted octanol–water partition coefficient (Wildman–Crippen LogP) is -0.411. The standard InChI is InChI=1S/C9H18N2O4S/c1-7(2)16(13,14)4-3-11-6-8(5-10)15-9(11)12/h7-8H,3-6,10H2,1-2H3. The number of sulfone groups is 1. The van der Waals surface area contributed by atoms with Crippen LogP contribution in [0.2, 0.25) is 0 Å². The fourth-order valence-electron chi connectivity index (χ4n) is 1.35. The average molecular weight is 250 g/mol. The molecular weight excluding hydrogens is 232 g/mol. The molecule has 6 nitrogen and oxygen atoms in total. The molecule has 1 heterocycles. The van der Waals surface area contributed by atoms with Gasteiger partial charge in [-0.3, -0.25) is 0 Å². The van der Waals surface area contributed by atoms with E-state index >= 15 is 0 Å². The Bertz CT molecular complexity index is 353. The number of nitrogens with two attached hydrogens (primary N) is 1. The first-order valence-electron chi connectivity index (χ1n) is 5.24. The average Bonchev–Trinajstić information content (AvgIpc) is 2.56. The number of nitrogens with zero attached hydrogens (tertiary/aromatic N) is 1. The van der Waals surface area contributed by atoms with E-state index in [1.54, 1.807) is 13.8 Å². The van der Waals surface area contributed by atoms with Crippen molar-refractivity contribution < 1.29 is 17.9 Å². The highest BCUT2D eigenvalue weighted by molar-refractivity contribution is 7.92. The molecule has 1 amide bonds. The van der Waals surface area contributed by atoms with Gasteiger partial charge in [-0.2, -0.15) is 0 Å². The van der Waals surface area contributed by atoms with Gasteiger partial charge in [-0.25, -0.2) is 13.2 Å². The van der Waals surface area contributed by atoms with E-state index in [4.69, 9.17) is 10.5 Å². The van der Waals surface area contributed by atoms with Gasteiger partial charge in [0.1, 0.15) is 6.10 Å². The Morgan fingerprint density at radius 3 is 2.62 bits per heavy atom. The lowest BCUT2D eigenvalue weighted by atomic mass is 10.3. The summed E-state index contributed by atoms with van der Waals surface area (Å²) in [6, 6.07) is 0. The number of cyclic esters (lactones) is 1. The van der Waals surface area contributed by atoms with E-state index in [1.807, 2.05) is 0 Å². The lowest BCUT2D eigenvalue weighted by molar-refractivity contribution is 0.135. The summed E-state index contributed by atoms with van der Waals surface area (Å²) >= 11 is 0. The Morgan fingerprint density at radius 1 is 1.56 bits per heavy atom. The number of hydrogen-bond donors (Lipinski definition) is 1. The largest absolute Gasteiger partial charge is 0.443 e. The molecule has 1 aliphatic rings. The molecule has 0 aromatic heterocycles. The number of hydrogen-bond acceptors (Lipinski definition) is 5. The zero-order chi connectivity index (χ0) is 12.3. The zero-order valence-corrected chi connectivity index (χ0v) is 10.4. The third-order valence-corrected chi connectivity index (χ3v) is 4.76. The molecule has 94 valence electrons. The summed E-state index contributed by atoms with van der Waals surface area (Å²) in [4.78, 5) is 12.7. The molecule has 2 N–H and O–H groups in total. The molecule has 0 aromatic rings. The van der Waals surface area contributed by atoms with Crippen molar-refractivity contribution in [3.05, 3.63) is 0 Å². The van der Waals surface area contributed by atoms with Crippen molar-refractivity contribution >= 4 is 15.9 Å². The van der Waals surface area contributed by atoms with Gasteiger partial charge in [0.15, 0.2) is 9.84 Å². The monoisotopic (exact) mass is 250 g/mol. The molecule has 1 fully saturated rings. The van der Waals surface area contributed by atoms with Crippen LogP contribution in [0.3, 0.4) is 0 Å². The Kier molecular flexibility index (Phi) is 4.15. The second kappa shape index (κ2) is 5.01. The van der Waals surface area contributed by atoms with Crippen molar-refractivity contribution in [2.24, 2.45) is 5.73 Å². The maximum absolute atomic E-state index is 11.5. The Morgan fingerprint density at radius 2 is 2.19 bits per heavy atom. The first-order valence-corrected chi connectivity index (χ1v) is 6.95. The van der Waals surface area contributed by atoms with Crippen molar-refractivity contribution in [2.75, 3.05) is 25.4 Å². The van der Waals surface area contributed by atoms with Gasteiger partial charge in [0, 0.05) is 13.1 Å². The van der Waals surface area contributed by atoms with Crippen LogP contribution in [-0.2, 0) is 14.6 Å². The number of carbonyl (C=O) groups excluding carboxylic acids is 1. The van der Waals surface area contributed by atoms with E-state index in [0.717, 1.165) is 0 Å². The molecule has 0 saturated carbocycles. The van der Waals surface area contributed by atoms with Gasteiger partial charge >= 0.3 is 6.09 Å². The van der Waals surface area contributed by atoms with Crippen molar-refractivity contribution in [1.82, 2.24) is 4.90 Å². The predicted molar refractivity (Wildman–Crippen MR) is 59.8 cm³/mol. The van der Waals surface area contributed by atoms with Gasteiger partial charge in [-0.1, -0.05) is 0 Å².